The Morgan fingerprint density at radius 2 is 1.67 bits per heavy atom. The number of pyridine rings is 2. The molecule has 0 unspecified atom stereocenters. The van der Waals surface area contributed by atoms with Crippen LogP contribution < -0.4 is 0 Å². The van der Waals surface area contributed by atoms with E-state index in [0.29, 0.717) is 12.1 Å². The highest BCUT2D eigenvalue weighted by atomic mass is 16.2. The van der Waals surface area contributed by atoms with Gasteiger partial charge in [-0.1, -0.05) is 30.3 Å². The first kappa shape index (κ1) is 14.6. The van der Waals surface area contributed by atoms with Crippen LogP contribution in [0.4, 0.5) is 0 Å². The van der Waals surface area contributed by atoms with Crippen molar-refractivity contribution in [2.75, 3.05) is 6.54 Å². The molecule has 0 saturated heterocycles. The highest BCUT2D eigenvalue weighted by Gasteiger charge is 2.21. The lowest BCUT2D eigenvalue weighted by atomic mass is 9.99. The minimum absolute atomic E-state index is 0.0320. The van der Waals surface area contributed by atoms with Gasteiger partial charge in [0.2, 0.25) is 0 Å². The van der Waals surface area contributed by atoms with E-state index >= 15 is 0 Å². The van der Waals surface area contributed by atoms with Crippen LogP contribution in [-0.4, -0.2) is 27.3 Å². The molecule has 118 valence electrons. The molecule has 1 amide bonds. The number of fused-ring (bicyclic) bond motifs is 1. The molecule has 0 saturated carbocycles. The number of aromatic nitrogens is 2. The molecule has 0 fully saturated rings. The predicted octanol–water partition coefficient (Wildman–Crippen LogP) is 3.34. The van der Waals surface area contributed by atoms with E-state index in [1.54, 1.807) is 12.4 Å². The average Bonchev–Trinajstić information content (AvgIpc) is 2.68. The summed E-state index contributed by atoms with van der Waals surface area (Å²) in [6.07, 6.45) is 4.29. The minimum atomic E-state index is 0.0320. The van der Waals surface area contributed by atoms with Crippen LogP contribution in [0.15, 0.2) is 67.0 Å². The number of hydrogen-bond acceptors (Lipinski definition) is 3. The van der Waals surface area contributed by atoms with Crippen molar-refractivity contribution in [3.8, 4) is 11.4 Å². The predicted molar refractivity (Wildman–Crippen MR) is 92.4 cm³/mol. The van der Waals surface area contributed by atoms with Gasteiger partial charge in [0.05, 0.1) is 17.0 Å². The zero-order valence-electron chi connectivity index (χ0n) is 13.2. The number of amides is 1. The Labute approximate surface area is 140 Å². The van der Waals surface area contributed by atoms with Crippen LogP contribution in [0.2, 0.25) is 0 Å². The quantitative estimate of drug-likeness (QED) is 0.728. The van der Waals surface area contributed by atoms with Crippen molar-refractivity contribution in [3.63, 3.8) is 0 Å². The SMILES string of the molecule is O=C(c1ccc(-c2ccccn2)nc1)N1CCc2ccccc2C1. The van der Waals surface area contributed by atoms with Crippen molar-refractivity contribution in [1.82, 2.24) is 14.9 Å². The summed E-state index contributed by atoms with van der Waals surface area (Å²) < 4.78 is 0. The summed E-state index contributed by atoms with van der Waals surface area (Å²) in [6, 6.07) is 17.7. The van der Waals surface area contributed by atoms with Crippen molar-refractivity contribution in [3.05, 3.63) is 83.7 Å². The summed E-state index contributed by atoms with van der Waals surface area (Å²) in [5, 5.41) is 0. The average molecular weight is 315 g/mol. The van der Waals surface area contributed by atoms with Crippen molar-refractivity contribution in [2.45, 2.75) is 13.0 Å². The van der Waals surface area contributed by atoms with E-state index in [1.807, 2.05) is 41.3 Å². The normalized spacial score (nSPS) is 13.4. The molecule has 0 N–H and O–H groups in total. The summed E-state index contributed by atoms with van der Waals surface area (Å²) in [6.45, 7) is 1.41. The van der Waals surface area contributed by atoms with Gasteiger partial charge in [0.1, 0.15) is 0 Å². The molecule has 3 aromatic rings. The molecule has 1 aliphatic rings. The molecule has 4 rings (SSSR count). The Hall–Kier alpha value is -3.01. The molecule has 0 bridgehead atoms. The zero-order valence-corrected chi connectivity index (χ0v) is 13.2. The van der Waals surface area contributed by atoms with Gasteiger partial charge in [0.25, 0.3) is 5.91 Å². The number of rotatable bonds is 2. The number of benzene rings is 1. The molecule has 2 aromatic heterocycles. The molecular weight excluding hydrogens is 298 g/mol. The maximum Gasteiger partial charge on any atom is 0.255 e. The Morgan fingerprint density at radius 3 is 2.42 bits per heavy atom. The Balaban J connectivity index is 1.53. The molecule has 24 heavy (non-hydrogen) atoms. The summed E-state index contributed by atoms with van der Waals surface area (Å²) in [4.78, 5) is 23.3. The molecule has 1 aromatic carbocycles. The van der Waals surface area contributed by atoms with Crippen molar-refractivity contribution in [1.29, 1.82) is 0 Å². The van der Waals surface area contributed by atoms with E-state index in [9.17, 15) is 4.79 Å². The molecule has 4 nitrogen and oxygen atoms in total. The fourth-order valence-corrected chi connectivity index (χ4v) is 3.04. The largest absolute Gasteiger partial charge is 0.334 e. The number of carbonyl (C=O) groups excluding carboxylic acids is 1. The van der Waals surface area contributed by atoms with Crippen LogP contribution >= 0.6 is 0 Å². The van der Waals surface area contributed by atoms with Crippen molar-refractivity contribution in [2.24, 2.45) is 0 Å². The molecule has 3 heterocycles. The second-order valence-corrected chi connectivity index (χ2v) is 5.89. The first-order valence-corrected chi connectivity index (χ1v) is 8.05. The smallest absolute Gasteiger partial charge is 0.255 e. The van der Waals surface area contributed by atoms with E-state index in [0.717, 1.165) is 24.4 Å². The van der Waals surface area contributed by atoms with Crippen LogP contribution in [0.3, 0.4) is 0 Å². The Bertz CT molecular complexity index is 860. The van der Waals surface area contributed by atoms with Gasteiger partial charge in [0, 0.05) is 25.5 Å². The third-order valence-corrected chi connectivity index (χ3v) is 4.36. The number of hydrogen-bond donors (Lipinski definition) is 0. The summed E-state index contributed by atoms with van der Waals surface area (Å²) in [7, 11) is 0. The summed E-state index contributed by atoms with van der Waals surface area (Å²) in [5.41, 5.74) is 4.77. The monoisotopic (exact) mass is 315 g/mol. The zero-order chi connectivity index (χ0) is 16.4. The first-order valence-electron chi connectivity index (χ1n) is 8.05. The van der Waals surface area contributed by atoms with Gasteiger partial charge in [-0.3, -0.25) is 14.8 Å². The fourth-order valence-electron chi connectivity index (χ4n) is 3.04. The van der Waals surface area contributed by atoms with Crippen molar-refractivity contribution >= 4 is 5.91 Å². The van der Waals surface area contributed by atoms with Gasteiger partial charge < -0.3 is 4.90 Å². The van der Waals surface area contributed by atoms with Crippen LogP contribution in [-0.2, 0) is 13.0 Å². The molecule has 0 spiro atoms. The molecular formula is C20H17N3O. The molecule has 0 aliphatic carbocycles. The topological polar surface area (TPSA) is 46.1 Å². The number of nitrogens with zero attached hydrogens (tertiary/aromatic N) is 3. The summed E-state index contributed by atoms with van der Waals surface area (Å²) >= 11 is 0. The lowest BCUT2D eigenvalue weighted by Gasteiger charge is -2.28. The van der Waals surface area contributed by atoms with Crippen LogP contribution in [0.5, 0.6) is 0 Å². The molecule has 4 heteroatoms. The third kappa shape index (κ3) is 2.78. The molecule has 0 atom stereocenters. The number of carbonyl (C=O) groups is 1. The Morgan fingerprint density at radius 1 is 0.875 bits per heavy atom. The lowest BCUT2D eigenvalue weighted by molar-refractivity contribution is 0.0734. The summed E-state index contributed by atoms with van der Waals surface area (Å²) in [5.74, 6) is 0.0320. The van der Waals surface area contributed by atoms with Gasteiger partial charge in [-0.25, -0.2) is 0 Å². The van der Waals surface area contributed by atoms with Gasteiger partial charge in [0.15, 0.2) is 0 Å². The van der Waals surface area contributed by atoms with Gasteiger partial charge >= 0.3 is 0 Å². The van der Waals surface area contributed by atoms with Crippen LogP contribution in [0.1, 0.15) is 21.5 Å². The van der Waals surface area contributed by atoms with E-state index in [4.69, 9.17) is 0 Å². The lowest BCUT2D eigenvalue weighted by Crippen LogP contribution is -2.35. The van der Waals surface area contributed by atoms with Crippen LogP contribution in [0.25, 0.3) is 11.4 Å². The van der Waals surface area contributed by atoms with E-state index in [2.05, 4.69) is 28.2 Å². The highest BCUT2D eigenvalue weighted by molar-refractivity contribution is 5.94. The molecule has 1 aliphatic heterocycles. The van der Waals surface area contributed by atoms with E-state index in [1.165, 1.54) is 11.1 Å². The van der Waals surface area contributed by atoms with Crippen molar-refractivity contribution < 1.29 is 4.79 Å². The maximum absolute atomic E-state index is 12.7. The maximum atomic E-state index is 12.7. The third-order valence-electron chi connectivity index (χ3n) is 4.36. The van der Waals surface area contributed by atoms with Gasteiger partial charge in [-0.15, -0.1) is 0 Å². The fraction of sp³-hybridized carbons (Fsp3) is 0.150. The van der Waals surface area contributed by atoms with Crippen LogP contribution in [0, 0.1) is 0 Å². The standard InChI is InChI=1S/C20H17N3O/c24-20(23-12-10-15-5-1-2-6-17(15)14-23)16-8-9-19(22-13-16)18-7-3-4-11-21-18/h1-9,11,13H,10,12,14H2. The van der Waals surface area contributed by atoms with E-state index in [-0.39, 0.29) is 5.91 Å². The highest BCUT2D eigenvalue weighted by Crippen LogP contribution is 2.21. The van der Waals surface area contributed by atoms with E-state index < -0.39 is 0 Å². The Kier molecular flexibility index (Phi) is 3.79. The minimum Gasteiger partial charge on any atom is -0.334 e. The second kappa shape index (κ2) is 6.24. The van der Waals surface area contributed by atoms with Gasteiger partial charge in [-0.2, -0.15) is 0 Å². The second-order valence-electron chi connectivity index (χ2n) is 5.89. The molecule has 0 radical (unpaired) electrons. The van der Waals surface area contributed by atoms with Gasteiger partial charge in [-0.05, 0) is 41.8 Å². The first-order chi connectivity index (χ1) is 11.8.